The van der Waals surface area contributed by atoms with Gasteiger partial charge in [0.1, 0.15) is 5.82 Å². The van der Waals surface area contributed by atoms with E-state index >= 15 is 0 Å². The largest absolute Gasteiger partial charge is 0.325 e. The average molecular weight is 254 g/mol. The fraction of sp³-hybridized carbons (Fsp3) is 0.250. The molecule has 0 aliphatic rings. The topological polar surface area (TPSA) is 26.0 Å². The van der Waals surface area contributed by atoms with Crippen LogP contribution in [0.5, 0.6) is 0 Å². The zero-order valence-corrected chi connectivity index (χ0v) is 8.11. The highest BCUT2D eigenvalue weighted by molar-refractivity contribution is 9.10. The van der Waals surface area contributed by atoms with Gasteiger partial charge in [-0.25, -0.2) is 4.39 Å². The van der Waals surface area contributed by atoms with Gasteiger partial charge in [0.15, 0.2) is 0 Å². The Morgan fingerprint density at radius 2 is 1.92 bits per heavy atom. The number of rotatable bonds is 2. The molecule has 2 N–H and O–H groups in total. The standard InChI is InChI=1S/C8H7BrF3N/c9-6-1-5(2-7(10)3-6)8(11,12)4-13/h1-3H,4,13H2. The molecule has 0 atom stereocenters. The second kappa shape index (κ2) is 3.67. The molecule has 1 aromatic carbocycles. The lowest BCUT2D eigenvalue weighted by atomic mass is 10.1. The Morgan fingerprint density at radius 3 is 2.38 bits per heavy atom. The van der Waals surface area contributed by atoms with Crippen molar-refractivity contribution in [3.63, 3.8) is 0 Å². The Kier molecular flexibility index (Phi) is 2.98. The third kappa shape index (κ3) is 2.45. The predicted molar refractivity (Wildman–Crippen MR) is 47.0 cm³/mol. The molecule has 1 nitrogen and oxygen atoms in total. The van der Waals surface area contributed by atoms with Crippen LogP contribution in [0.4, 0.5) is 13.2 Å². The van der Waals surface area contributed by atoms with Gasteiger partial charge >= 0.3 is 0 Å². The zero-order valence-electron chi connectivity index (χ0n) is 6.53. The van der Waals surface area contributed by atoms with Crippen LogP contribution in [0.1, 0.15) is 5.56 Å². The highest BCUT2D eigenvalue weighted by atomic mass is 79.9. The van der Waals surface area contributed by atoms with Crippen molar-refractivity contribution >= 4 is 15.9 Å². The van der Waals surface area contributed by atoms with E-state index in [4.69, 9.17) is 5.73 Å². The maximum atomic E-state index is 12.9. The summed E-state index contributed by atoms with van der Waals surface area (Å²) in [5.41, 5.74) is 4.44. The van der Waals surface area contributed by atoms with Gasteiger partial charge in [0.05, 0.1) is 6.54 Å². The van der Waals surface area contributed by atoms with E-state index in [2.05, 4.69) is 15.9 Å². The smallest absolute Gasteiger partial charge is 0.285 e. The van der Waals surface area contributed by atoms with Crippen molar-refractivity contribution in [2.45, 2.75) is 5.92 Å². The second-order valence-electron chi connectivity index (χ2n) is 2.57. The number of halogens is 4. The third-order valence-corrected chi connectivity index (χ3v) is 2.00. The van der Waals surface area contributed by atoms with E-state index in [0.29, 0.717) is 0 Å². The van der Waals surface area contributed by atoms with E-state index in [1.165, 1.54) is 0 Å². The molecule has 1 rings (SSSR count). The van der Waals surface area contributed by atoms with Crippen molar-refractivity contribution in [3.05, 3.63) is 34.1 Å². The molecular formula is C8H7BrF3N. The van der Waals surface area contributed by atoms with Gasteiger partial charge in [-0.2, -0.15) is 8.78 Å². The summed E-state index contributed by atoms with van der Waals surface area (Å²) < 4.78 is 38.8. The summed E-state index contributed by atoms with van der Waals surface area (Å²) in [7, 11) is 0. The molecule has 0 aliphatic heterocycles. The molecule has 0 bridgehead atoms. The Bertz CT molecular complexity index is 294. The minimum absolute atomic E-state index is 0.274. The molecule has 1 aromatic rings. The average Bonchev–Trinajstić information content (AvgIpc) is 2.02. The molecule has 0 amide bonds. The van der Waals surface area contributed by atoms with Crippen LogP contribution in [0.15, 0.2) is 22.7 Å². The molecule has 13 heavy (non-hydrogen) atoms. The van der Waals surface area contributed by atoms with Crippen LogP contribution in [-0.2, 0) is 5.92 Å². The number of alkyl halides is 2. The molecule has 0 heterocycles. The molecule has 0 aliphatic carbocycles. The van der Waals surface area contributed by atoms with Crippen LogP contribution in [0.2, 0.25) is 0 Å². The van der Waals surface area contributed by atoms with Crippen LogP contribution in [-0.4, -0.2) is 6.54 Å². The third-order valence-electron chi connectivity index (χ3n) is 1.54. The zero-order chi connectivity index (χ0) is 10.1. The lowest BCUT2D eigenvalue weighted by molar-refractivity contribution is 0.00559. The van der Waals surface area contributed by atoms with Crippen molar-refractivity contribution in [2.75, 3.05) is 6.54 Å². The molecule has 0 saturated carbocycles. The number of benzene rings is 1. The lowest BCUT2D eigenvalue weighted by Gasteiger charge is -2.14. The second-order valence-corrected chi connectivity index (χ2v) is 3.48. The maximum Gasteiger partial charge on any atom is 0.285 e. The molecule has 0 unspecified atom stereocenters. The van der Waals surface area contributed by atoms with E-state index in [0.717, 1.165) is 18.2 Å². The van der Waals surface area contributed by atoms with Gasteiger partial charge in [0.25, 0.3) is 5.92 Å². The fourth-order valence-electron chi connectivity index (χ4n) is 0.883. The first kappa shape index (κ1) is 10.5. The van der Waals surface area contributed by atoms with E-state index in [-0.39, 0.29) is 4.47 Å². The summed E-state index contributed by atoms with van der Waals surface area (Å²) in [5.74, 6) is -3.89. The summed E-state index contributed by atoms with van der Waals surface area (Å²) in [6, 6.07) is 3.03. The molecular weight excluding hydrogens is 247 g/mol. The Balaban J connectivity index is 3.15. The predicted octanol–water partition coefficient (Wildman–Crippen LogP) is 2.64. The first-order valence-electron chi connectivity index (χ1n) is 3.50. The van der Waals surface area contributed by atoms with Crippen molar-refractivity contribution < 1.29 is 13.2 Å². The van der Waals surface area contributed by atoms with Gasteiger partial charge in [-0.1, -0.05) is 15.9 Å². The number of hydrogen-bond donors (Lipinski definition) is 1. The molecule has 72 valence electrons. The van der Waals surface area contributed by atoms with Crippen molar-refractivity contribution in [2.24, 2.45) is 5.73 Å². The highest BCUT2D eigenvalue weighted by Crippen LogP contribution is 2.29. The Labute approximate surface area is 81.9 Å². The van der Waals surface area contributed by atoms with Crippen LogP contribution in [0.3, 0.4) is 0 Å². The maximum absolute atomic E-state index is 12.9. The SMILES string of the molecule is NCC(F)(F)c1cc(F)cc(Br)c1. The van der Waals surface area contributed by atoms with Crippen molar-refractivity contribution in [1.82, 2.24) is 0 Å². The molecule has 0 aromatic heterocycles. The van der Waals surface area contributed by atoms with Crippen LogP contribution < -0.4 is 5.73 Å². The summed E-state index contributed by atoms with van der Waals surface area (Å²) in [6.45, 7) is -0.830. The Hall–Kier alpha value is -0.550. The van der Waals surface area contributed by atoms with Gasteiger partial charge in [-0.3, -0.25) is 0 Å². The molecule has 0 radical (unpaired) electrons. The number of hydrogen-bond acceptors (Lipinski definition) is 1. The quantitative estimate of drug-likeness (QED) is 0.862. The first-order chi connectivity index (χ1) is 5.95. The van der Waals surface area contributed by atoms with E-state index in [9.17, 15) is 13.2 Å². The lowest BCUT2D eigenvalue weighted by Crippen LogP contribution is -2.25. The normalized spacial score (nSPS) is 11.8. The van der Waals surface area contributed by atoms with Crippen molar-refractivity contribution in [3.8, 4) is 0 Å². The fourth-order valence-corrected chi connectivity index (χ4v) is 1.35. The Morgan fingerprint density at radius 1 is 1.31 bits per heavy atom. The van der Waals surface area contributed by atoms with Gasteiger partial charge in [-0.15, -0.1) is 0 Å². The van der Waals surface area contributed by atoms with E-state index in [1.54, 1.807) is 0 Å². The summed E-state index contributed by atoms with van der Waals surface area (Å²) in [6.07, 6.45) is 0. The van der Waals surface area contributed by atoms with E-state index < -0.39 is 23.8 Å². The van der Waals surface area contributed by atoms with Crippen LogP contribution >= 0.6 is 15.9 Å². The molecule has 0 saturated heterocycles. The highest BCUT2D eigenvalue weighted by Gasteiger charge is 2.30. The minimum atomic E-state index is -3.18. The number of nitrogens with two attached hydrogens (primary N) is 1. The summed E-state index contributed by atoms with van der Waals surface area (Å²) >= 11 is 2.92. The molecule has 5 heteroatoms. The summed E-state index contributed by atoms with van der Waals surface area (Å²) in [5, 5.41) is 0. The van der Waals surface area contributed by atoms with Gasteiger partial charge in [-0.05, 0) is 18.2 Å². The summed E-state index contributed by atoms with van der Waals surface area (Å²) in [4.78, 5) is 0. The minimum Gasteiger partial charge on any atom is -0.325 e. The first-order valence-corrected chi connectivity index (χ1v) is 4.29. The van der Waals surface area contributed by atoms with Gasteiger partial charge < -0.3 is 5.73 Å². The van der Waals surface area contributed by atoms with Crippen molar-refractivity contribution in [1.29, 1.82) is 0 Å². The van der Waals surface area contributed by atoms with Gasteiger partial charge in [0.2, 0.25) is 0 Å². The van der Waals surface area contributed by atoms with Crippen LogP contribution in [0, 0.1) is 5.82 Å². The van der Waals surface area contributed by atoms with Crippen LogP contribution in [0.25, 0.3) is 0 Å². The molecule has 0 spiro atoms. The van der Waals surface area contributed by atoms with E-state index in [1.807, 2.05) is 0 Å². The monoisotopic (exact) mass is 253 g/mol. The molecule has 0 fully saturated rings. The van der Waals surface area contributed by atoms with Gasteiger partial charge in [0, 0.05) is 10.0 Å².